The Kier molecular flexibility index (Phi) is 5.69. The summed E-state index contributed by atoms with van der Waals surface area (Å²) in [5, 5.41) is 18.9. The van der Waals surface area contributed by atoms with Gasteiger partial charge in [-0.3, -0.25) is 4.98 Å². The smallest absolute Gasteiger partial charge is 0.336 e. The predicted molar refractivity (Wildman–Crippen MR) is 114 cm³/mol. The molecular formula is C24H19ClN2O3. The highest BCUT2D eigenvalue weighted by Crippen LogP contribution is 2.39. The highest BCUT2D eigenvalue weighted by molar-refractivity contribution is 6.32. The Bertz CT molecular complexity index is 1150. The van der Waals surface area contributed by atoms with Crippen molar-refractivity contribution in [2.45, 2.75) is 25.2 Å². The quantitative estimate of drug-likeness (QED) is 0.593. The van der Waals surface area contributed by atoms with Gasteiger partial charge >= 0.3 is 5.97 Å². The monoisotopic (exact) mass is 418 g/mol. The lowest BCUT2D eigenvalue weighted by Gasteiger charge is -2.26. The molecule has 0 aliphatic carbocycles. The zero-order valence-corrected chi connectivity index (χ0v) is 16.9. The van der Waals surface area contributed by atoms with Gasteiger partial charge in [0.15, 0.2) is 0 Å². The number of halogens is 1. The number of aromatic carboxylic acids is 1. The molecule has 1 N–H and O–H groups in total. The molecule has 6 heteroatoms. The number of carboxylic acids is 1. The molecule has 0 fully saturated rings. The van der Waals surface area contributed by atoms with Gasteiger partial charge in [0.1, 0.15) is 11.8 Å². The first-order valence-electron chi connectivity index (χ1n) is 9.69. The molecule has 4 rings (SSSR count). The van der Waals surface area contributed by atoms with Crippen molar-refractivity contribution < 1.29 is 14.6 Å². The molecule has 0 amide bonds. The Morgan fingerprint density at radius 2 is 2.03 bits per heavy atom. The maximum atomic E-state index is 11.4. The molecule has 0 radical (unpaired) electrons. The summed E-state index contributed by atoms with van der Waals surface area (Å²) in [6.07, 6.45) is 5.50. The van der Waals surface area contributed by atoms with Crippen molar-refractivity contribution in [2.75, 3.05) is 6.61 Å². The van der Waals surface area contributed by atoms with Crippen LogP contribution in [0.5, 0.6) is 5.75 Å². The van der Waals surface area contributed by atoms with Gasteiger partial charge in [0.05, 0.1) is 22.8 Å². The first-order valence-corrected chi connectivity index (χ1v) is 10.1. The SMILES string of the molecule is N#Cc1ccc(-c2ccc3c(c2)OCC[C@@H]3CCc2cnccc2C(=O)O)cc1Cl. The van der Waals surface area contributed by atoms with Gasteiger partial charge in [-0.1, -0.05) is 29.8 Å². The van der Waals surface area contributed by atoms with Crippen molar-refractivity contribution in [3.05, 3.63) is 82.1 Å². The Morgan fingerprint density at radius 1 is 1.23 bits per heavy atom. The van der Waals surface area contributed by atoms with Crippen LogP contribution in [0.4, 0.5) is 0 Å². The topological polar surface area (TPSA) is 83.2 Å². The lowest BCUT2D eigenvalue weighted by Crippen LogP contribution is -2.15. The molecule has 5 nitrogen and oxygen atoms in total. The molecule has 1 aromatic heterocycles. The summed E-state index contributed by atoms with van der Waals surface area (Å²) in [7, 11) is 0. The van der Waals surface area contributed by atoms with Gasteiger partial charge in [0, 0.05) is 12.4 Å². The number of fused-ring (bicyclic) bond motifs is 1. The lowest BCUT2D eigenvalue weighted by molar-refractivity contribution is 0.0695. The van der Waals surface area contributed by atoms with Crippen LogP contribution < -0.4 is 4.74 Å². The summed E-state index contributed by atoms with van der Waals surface area (Å²) < 4.78 is 5.91. The standard InChI is InChI=1S/C24H19ClN2O3/c25-22-11-16(2-3-18(22)13-26)17-5-6-20-15(8-10-30-23(20)12-17)1-4-19-14-27-9-7-21(19)24(28)29/h2-3,5-7,9,11-12,14-15H,1,4,8,10H2,(H,28,29)/t15-/m0/s1. The largest absolute Gasteiger partial charge is 0.493 e. The molecule has 2 heterocycles. The third-order valence-electron chi connectivity index (χ3n) is 5.50. The highest BCUT2D eigenvalue weighted by Gasteiger charge is 2.23. The first-order chi connectivity index (χ1) is 14.6. The van der Waals surface area contributed by atoms with E-state index in [4.69, 9.17) is 21.6 Å². The second-order valence-electron chi connectivity index (χ2n) is 7.27. The van der Waals surface area contributed by atoms with E-state index in [1.807, 2.05) is 18.2 Å². The lowest BCUT2D eigenvalue weighted by atomic mass is 9.86. The summed E-state index contributed by atoms with van der Waals surface area (Å²) >= 11 is 6.18. The van der Waals surface area contributed by atoms with Gasteiger partial charge in [0.2, 0.25) is 0 Å². The summed E-state index contributed by atoms with van der Waals surface area (Å²) in [6.45, 7) is 0.619. The third-order valence-corrected chi connectivity index (χ3v) is 5.81. The Hall–Kier alpha value is -3.36. The van der Waals surface area contributed by atoms with Crippen LogP contribution in [0.25, 0.3) is 11.1 Å². The summed E-state index contributed by atoms with van der Waals surface area (Å²) in [4.78, 5) is 15.5. The molecule has 1 aliphatic rings. The number of carbonyl (C=O) groups is 1. The number of aromatic nitrogens is 1. The van der Waals surface area contributed by atoms with Crippen molar-refractivity contribution in [2.24, 2.45) is 0 Å². The van der Waals surface area contributed by atoms with Gasteiger partial charge in [0.25, 0.3) is 0 Å². The van der Waals surface area contributed by atoms with E-state index in [1.165, 1.54) is 6.20 Å². The fourth-order valence-corrected chi connectivity index (χ4v) is 4.12. The summed E-state index contributed by atoms with van der Waals surface area (Å²) in [6, 6.07) is 15.1. The van der Waals surface area contributed by atoms with E-state index in [1.54, 1.807) is 24.4 Å². The Labute approximate surface area is 179 Å². The van der Waals surface area contributed by atoms with Crippen molar-refractivity contribution in [3.63, 3.8) is 0 Å². The average molecular weight is 419 g/mol. The fraction of sp³-hybridized carbons (Fsp3) is 0.208. The van der Waals surface area contributed by atoms with Crippen molar-refractivity contribution in [1.29, 1.82) is 5.26 Å². The van der Waals surface area contributed by atoms with Crippen LogP contribution in [0, 0.1) is 11.3 Å². The number of nitrogens with zero attached hydrogens (tertiary/aromatic N) is 2. The predicted octanol–water partition coefficient (Wildman–Crippen LogP) is 5.47. The number of pyridine rings is 1. The van der Waals surface area contributed by atoms with Gasteiger partial charge in [-0.15, -0.1) is 0 Å². The number of carboxylic acid groups (broad SMARTS) is 1. The molecule has 30 heavy (non-hydrogen) atoms. The Balaban J connectivity index is 1.56. The van der Waals surface area contributed by atoms with Crippen LogP contribution in [0.1, 0.15) is 45.8 Å². The number of hydrogen-bond acceptors (Lipinski definition) is 4. The molecule has 150 valence electrons. The van der Waals surface area contributed by atoms with Crippen molar-refractivity contribution in [3.8, 4) is 22.9 Å². The molecule has 2 aromatic carbocycles. The molecule has 0 bridgehead atoms. The van der Waals surface area contributed by atoms with Gasteiger partial charge in [-0.2, -0.15) is 5.26 Å². The van der Waals surface area contributed by atoms with Crippen LogP contribution in [0.3, 0.4) is 0 Å². The van der Waals surface area contributed by atoms with Crippen LogP contribution in [0.15, 0.2) is 54.9 Å². The molecule has 0 unspecified atom stereocenters. The molecule has 0 saturated heterocycles. The maximum Gasteiger partial charge on any atom is 0.336 e. The minimum absolute atomic E-state index is 0.286. The van der Waals surface area contributed by atoms with Crippen LogP contribution in [-0.4, -0.2) is 22.7 Å². The molecule has 3 aromatic rings. The van der Waals surface area contributed by atoms with Crippen LogP contribution >= 0.6 is 11.6 Å². The normalized spacial score (nSPS) is 15.0. The van der Waals surface area contributed by atoms with E-state index in [9.17, 15) is 9.90 Å². The highest BCUT2D eigenvalue weighted by atomic mass is 35.5. The minimum Gasteiger partial charge on any atom is -0.493 e. The Morgan fingerprint density at radius 3 is 2.80 bits per heavy atom. The number of benzene rings is 2. The van der Waals surface area contributed by atoms with E-state index < -0.39 is 5.97 Å². The van der Waals surface area contributed by atoms with E-state index in [-0.39, 0.29) is 5.92 Å². The van der Waals surface area contributed by atoms with Gasteiger partial charge < -0.3 is 9.84 Å². The zero-order valence-electron chi connectivity index (χ0n) is 16.1. The average Bonchev–Trinajstić information content (AvgIpc) is 2.77. The first kappa shape index (κ1) is 19.9. The second kappa shape index (κ2) is 8.56. The summed E-state index contributed by atoms with van der Waals surface area (Å²) in [5.74, 6) is 0.202. The molecule has 0 saturated carbocycles. The number of aryl methyl sites for hydroxylation is 1. The second-order valence-corrected chi connectivity index (χ2v) is 7.68. The van der Waals surface area contributed by atoms with Crippen molar-refractivity contribution >= 4 is 17.6 Å². The number of nitriles is 1. The minimum atomic E-state index is -0.925. The molecule has 1 atom stereocenters. The van der Waals surface area contributed by atoms with Gasteiger partial charge in [-0.05, 0) is 71.7 Å². The summed E-state index contributed by atoms with van der Waals surface area (Å²) in [5.41, 5.74) is 4.54. The number of hydrogen-bond donors (Lipinski definition) is 1. The van der Waals surface area contributed by atoms with E-state index in [0.29, 0.717) is 29.2 Å². The zero-order chi connectivity index (χ0) is 21.1. The molecule has 0 spiro atoms. The van der Waals surface area contributed by atoms with E-state index >= 15 is 0 Å². The maximum absolute atomic E-state index is 11.4. The van der Waals surface area contributed by atoms with Gasteiger partial charge in [-0.25, -0.2) is 4.79 Å². The van der Waals surface area contributed by atoms with Crippen LogP contribution in [-0.2, 0) is 6.42 Å². The molecule has 1 aliphatic heterocycles. The van der Waals surface area contributed by atoms with E-state index in [0.717, 1.165) is 40.8 Å². The molecular weight excluding hydrogens is 400 g/mol. The fourth-order valence-electron chi connectivity index (χ4n) is 3.89. The third kappa shape index (κ3) is 4.00. The number of rotatable bonds is 5. The van der Waals surface area contributed by atoms with Crippen molar-refractivity contribution in [1.82, 2.24) is 4.98 Å². The van der Waals surface area contributed by atoms with Crippen LogP contribution in [0.2, 0.25) is 5.02 Å². The van der Waals surface area contributed by atoms with E-state index in [2.05, 4.69) is 17.1 Å². The number of ether oxygens (including phenoxy) is 1.